The summed E-state index contributed by atoms with van der Waals surface area (Å²) >= 11 is 0. The van der Waals surface area contributed by atoms with Crippen molar-refractivity contribution in [2.24, 2.45) is 5.41 Å². The average molecular weight is 465 g/mol. The minimum absolute atomic E-state index is 0.109. The van der Waals surface area contributed by atoms with Crippen molar-refractivity contribution in [1.82, 2.24) is 0 Å². The number of carbonyl (C=O) groups is 4. The van der Waals surface area contributed by atoms with Gasteiger partial charge in [-0.3, -0.25) is 14.4 Å². The fourth-order valence-electron chi connectivity index (χ4n) is 4.92. The Kier molecular flexibility index (Phi) is 8.49. The van der Waals surface area contributed by atoms with E-state index in [9.17, 15) is 19.2 Å². The number of esters is 2. The Morgan fingerprint density at radius 2 is 1.85 bits per heavy atom. The minimum Gasteiger partial charge on any atom is -0.466 e. The van der Waals surface area contributed by atoms with Crippen LogP contribution in [-0.2, 0) is 33.3 Å². The number of carbonyl (C=O) groups excluding carboxylic acids is 4. The number of cyclic esters (lactones) is 1. The summed E-state index contributed by atoms with van der Waals surface area (Å²) in [6.45, 7) is 12.4. The number of Topliss-reactive ketones (excluding diaryl/α,β-unsaturated/α-hetero) is 1. The molecule has 0 saturated carbocycles. The zero-order valence-electron chi connectivity index (χ0n) is 20.7. The quantitative estimate of drug-likeness (QED) is 0.211. The van der Waals surface area contributed by atoms with Gasteiger partial charge < -0.3 is 18.9 Å². The molecule has 2 aliphatic rings. The summed E-state index contributed by atoms with van der Waals surface area (Å²) < 4.78 is 21.6. The van der Waals surface area contributed by atoms with Crippen LogP contribution in [0.4, 0.5) is 4.79 Å². The second-order valence-electron chi connectivity index (χ2n) is 9.49. The standard InChI is InChI=1S/C25H36O8/c1-15-10-12-25(24(6,7)20(15)11-13-30-18(4)26)22(32-23(29)33-25)14-16(2)21(28)9-8-17(3)31-19(5)27/h14,17,22H,8-13H2,1-7H3/b16-14+/t17?,22-,25?/m0/s1. The smallest absolute Gasteiger partial charge is 0.466 e. The third kappa shape index (κ3) is 6.03. The highest BCUT2D eigenvalue weighted by atomic mass is 16.8. The van der Waals surface area contributed by atoms with Crippen LogP contribution < -0.4 is 0 Å². The number of rotatable bonds is 9. The molecule has 3 atom stereocenters. The number of hydrogen-bond donors (Lipinski definition) is 0. The van der Waals surface area contributed by atoms with E-state index in [0.717, 1.165) is 5.57 Å². The molecule has 0 aromatic rings. The molecular weight excluding hydrogens is 428 g/mol. The van der Waals surface area contributed by atoms with E-state index in [2.05, 4.69) is 0 Å². The summed E-state index contributed by atoms with van der Waals surface area (Å²) in [4.78, 5) is 47.3. The molecule has 2 rings (SSSR count). The van der Waals surface area contributed by atoms with E-state index in [1.807, 2.05) is 20.8 Å². The van der Waals surface area contributed by atoms with E-state index in [0.29, 0.717) is 31.3 Å². The van der Waals surface area contributed by atoms with Gasteiger partial charge in [-0.1, -0.05) is 25.0 Å². The first-order valence-corrected chi connectivity index (χ1v) is 11.4. The molecule has 0 aromatic carbocycles. The van der Waals surface area contributed by atoms with Crippen molar-refractivity contribution in [2.75, 3.05) is 6.61 Å². The van der Waals surface area contributed by atoms with Gasteiger partial charge in [-0.2, -0.15) is 0 Å². The normalized spacial score (nSPS) is 25.4. The molecule has 0 radical (unpaired) electrons. The SMILES string of the molecule is CC(=O)OCCC1=C(C)CCC2(OC(=O)O[C@H]2/C=C(\C)C(=O)CCC(C)OC(C)=O)C1(C)C. The maximum absolute atomic E-state index is 12.7. The number of ether oxygens (including phenoxy) is 4. The molecule has 1 aliphatic heterocycles. The van der Waals surface area contributed by atoms with Crippen molar-refractivity contribution in [3.63, 3.8) is 0 Å². The fourth-order valence-corrected chi connectivity index (χ4v) is 4.92. The molecule has 8 nitrogen and oxygen atoms in total. The molecule has 0 bridgehead atoms. The first-order valence-electron chi connectivity index (χ1n) is 11.4. The zero-order chi connectivity index (χ0) is 25.0. The number of hydrogen-bond acceptors (Lipinski definition) is 8. The maximum Gasteiger partial charge on any atom is 0.509 e. The lowest BCUT2D eigenvalue weighted by atomic mass is 9.59. The van der Waals surface area contributed by atoms with Crippen LogP contribution in [0.5, 0.6) is 0 Å². The van der Waals surface area contributed by atoms with Gasteiger partial charge in [-0.25, -0.2) is 4.79 Å². The monoisotopic (exact) mass is 464 g/mol. The third-order valence-corrected chi connectivity index (χ3v) is 6.79. The Morgan fingerprint density at radius 1 is 1.18 bits per heavy atom. The molecule has 0 N–H and O–H groups in total. The number of allylic oxidation sites excluding steroid dienone is 2. The van der Waals surface area contributed by atoms with Crippen molar-refractivity contribution in [3.8, 4) is 0 Å². The third-order valence-electron chi connectivity index (χ3n) is 6.79. The van der Waals surface area contributed by atoms with Gasteiger partial charge in [0.2, 0.25) is 0 Å². The number of ketones is 1. The van der Waals surface area contributed by atoms with E-state index in [4.69, 9.17) is 18.9 Å². The van der Waals surface area contributed by atoms with E-state index >= 15 is 0 Å². The second-order valence-corrected chi connectivity index (χ2v) is 9.49. The van der Waals surface area contributed by atoms with E-state index < -0.39 is 23.3 Å². The Balaban J connectivity index is 2.24. The molecule has 0 amide bonds. The molecule has 2 unspecified atom stereocenters. The van der Waals surface area contributed by atoms with Crippen LogP contribution in [0.15, 0.2) is 22.8 Å². The van der Waals surface area contributed by atoms with Gasteiger partial charge in [0.05, 0.1) is 12.7 Å². The molecule has 1 fully saturated rings. The lowest BCUT2D eigenvalue weighted by Gasteiger charge is -2.49. The first kappa shape index (κ1) is 26.6. The summed E-state index contributed by atoms with van der Waals surface area (Å²) in [7, 11) is 0. The predicted molar refractivity (Wildman–Crippen MR) is 120 cm³/mol. The molecular formula is C25H36O8. The zero-order valence-corrected chi connectivity index (χ0v) is 20.7. The van der Waals surface area contributed by atoms with Crippen molar-refractivity contribution >= 4 is 23.9 Å². The van der Waals surface area contributed by atoms with Gasteiger partial charge >= 0.3 is 18.1 Å². The van der Waals surface area contributed by atoms with Crippen molar-refractivity contribution < 1.29 is 38.1 Å². The van der Waals surface area contributed by atoms with E-state index in [1.165, 1.54) is 19.4 Å². The van der Waals surface area contributed by atoms with Gasteiger partial charge in [0.25, 0.3) is 0 Å². The molecule has 1 spiro atoms. The Morgan fingerprint density at radius 3 is 2.45 bits per heavy atom. The van der Waals surface area contributed by atoms with Gasteiger partial charge in [-0.05, 0) is 51.7 Å². The van der Waals surface area contributed by atoms with Gasteiger partial charge in [0, 0.05) is 32.1 Å². The molecule has 8 heteroatoms. The van der Waals surface area contributed by atoms with Gasteiger partial charge in [-0.15, -0.1) is 0 Å². The lowest BCUT2D eigenvalue weighted by molar-refractivity contribution is -0.146. The summed E-state index contributed by atoms with van der Waals surface area (Å²) in [5.41, 5.74) is 1.13. The van der Waals surface area contributed by atoms with Crippen LogP contribution in [0.2, 0.25) is 0 Å². The molecule has 1 saturated heterocycles. The molecule has 1 heterocycles. The van der Waals surface area contributed by atoms with E-state index in [-0.39, 0.29) is 36.9 Å². The van der Waals surface area contributed by atoms with Crippen LogP contribution in [0, 0.1) is 5.41 Å². The summed E-state index contributed by atoms with van der Waals surface area (Å²) in [6.07, 6.45) is 2.23. The van der Waals surface area contributed by atoms with Crippen LogP contribution in [0.3, 0.4) is 0 Å². The van der Waals surface area contributed by atoms with Crippen molar-refractivity contribution in [3.05, 3.63) is 22.8 Å². The molecule has 0 aromatic heterocycles. The molecule has 1 aliphatic carbocycles. The summed E-state index contributed by atoms with van der Waals surface area (Å²) in [5, 5.41) is 0. The van der Waals surface area contributed by atoms with Gasteiger partial charge in [0.15, 0.2) is 17.5 Å². The van der Waals surface area contributed by atoms with Crippen molar-refractivity contribution in [1.29, 1.82) is 0 Å². The minimum atomic E-state index is -0.971. The van der Waals surface area contributed by atoms with Gasteiger partial charge in [0.1, 0.15) is 0 Å². The Bertz CT molecular complexity index is 866. The van der Waals surface area contributed by atoms with Crippen LogP contribution in [0.1, 0.15) is 80.6 Å². The topological polar surface area (TPSA) is 105 Å². The van der Waals surface area contributed by atoms with E-state index in [1.54, 1.807) is 19.9 Å². The Hall–Kier alpha value is -2.64. The average Bonchev–Trinajstić information content (AvgIpc) is 3.01. The van der Waals surface area contributed by atoms with Crippen LogP contribution in [-0.4, -0.2) is 48.3 Å². The highest BCUT2D eigenvalue weighted by Gasteiger charge is 2.62. The fraction of sp³-hybridized carbons (Fsp3) is 0.680. The predicted octanol–water partition coefficient (Wildman–Crippen LogP) is 4.60. The Labute approximate surface area is 195 Å². The largest absolute Gasteiger partial charge is 0.509 e. The summed E-state index contributed by atoms with van der Waals surface area (Å²) in [6, 6.07) is 0. The second kappa shape index (κ2) is 10.5. The molecule has 184 valence electrons. The molecule has 33 heavy (non-hydrogen) atoms. The first-order chi connectivity index (χ1) is 15.3. The highest BCUT2D eigenvalue weighted by molar-refractivity contribution is 5.95. The lowest BCUT2D eigenvalue weighted by Crippen LogP contribution is -2.55. The summed E-state index contributed by atoms with van der Waals surface area (Å²) in [5.74, 6) is -0.834. The van der Waals surface area contributed by atoms with Crippen LogP contribution >= 0.6 is 0 Å². The highest BCUT2D eigenvalue weighted by Crippen LogP contribution is 2.55. The maximum atomic E-state index is 12.7. The van der Waals surface area contributed by atoms with Crippen molar-refractivity contribution in [2.45, 2.75) is 98.4 Å². The van der Waals surface area contributed by atoms with Crippen LogP contribution in [0.25, 0.3) is 0 Å².